The predicted molar refractivity (Wildman–Crippen MR) is 68.8 cm³/mol. The van der Waals surface area contributed by atoms with Gasteiger partial charge < -0.3 is 4.90 Å². The van der Waals surface area contributed by atoms with Crippen molar-refractivity contribution in [1.82, 2.24) is 4.90 Å². The second kappa shape index (κ2) is 5.78. The Balaban J connectivity index is 2.08. The van der Waals surface area contributed by atoms with Gasteiger partial charge in [0.05, 0.1) is 0 Å². The summed E-state index contributed by atoms with van der Waals surface area (Å²) in [7, 11) is 0. The van der Waals surface area contributed by atoms with Gasteiger partial charge in [0.15, 0.2) is 0 Å². The molecule has 1 fully saturated rings. The van der Waals surface area contributed by atoms with Gasteiger partial charge in [-0.3, -0.25) is 4.79 Å². The van der Waals surface area contributed by atoms with Crippen LogP contribution in [0.25, 0.3) is 0 Å². The highest BCUT2D eigenvalue weighted by Gasteiger charge is 2.26. The van der Waals surface area contributed by atoms with Gasteiger partial charge in [-0.15, -0.1) is 0 Å². The van der Waals surface area contributed by atoms with E-state index in [1.807, 2.05) is 0 Å². The minimum absolute atomic E-state index is 0.0898. The van der Waals surface area contributed by atoms with E-state index >= 15 is 0 Å². The Hall–Kier alpha value is -0.970. The van der Waals surface area contributed by atoms with Crippen LogP contribution in [0.1, 0.15) is 23.2 Å². The summed E-state index contributed by atoms with van der Waals surface area (Å²) in [5.74, 6) is -1.23. The molecule has 0 saturated carbocycles. The zero-order valence-electron chi connectivity index (χ0n) is 9.83. The number of likely N-dealkylation sites (tertiary alicyclic amines) is 1. The number of carbonyl (C=O) groups is 1. The third-order valence-corrected chi connectivity index (χ3v) is 3.66. The van der Waals surface area contributed by atoms with Crippen LogP contribution in [-0.2, 0) is 0 Å². The molecule has 1 aromatic rings. The van der Waals surface area contributed by atoms with Crippen LogP contribution in [-0.4, -0.2) is 29.2 Å². The van der Waals surface area contributed by atoms with Crippen LogP contribution in [0.15, 0.2) is 18.2 Å². The van der Waals surface area contributed by atoms with E-state index in [0.717, 1.165) is 36.4 Å². The van der Waals surface area contributed by atoms with Crippen molar-refractivity contribution in [3.63, 3.8) is 0 Å². The van der Waals surface area contributed by atoms with Crippen LogP contribution in [0.3, 0.4) is 0 Å². The normalized spacial score (nSPS) is 19.3. The molecule has 18 heavy (non-hydrogen) atoms. The largest absolute Gasteiger partial charge is 0.338 e. The Bertz CT molecular complexity index is 432. The van der Waals surface area contributed by atoms with E-state index in [2.05, 4.69) is 15.9 Å². The van der Waals surface area contributed by atoms with Crippen molar-refractivity contribution in [2.45, 2.75) is 12.8 Å². The number of halogens is 3. The summed E-state index contributed by atoms with van der Waals surface area (Å²) in [4.78, 5) is 13.8. The first-order valence-corrected chi connectivity index (χ1v) is 7.03. The maximum absolute atomic E-state index is 13.1. The van der Waals surface area contributed by atoms with Crippen LogP contribution in [0.5, 0.6) is 0 Å². The first-order chi connectivity index (χ1) is 8.60. The fourth-order valence-electron chi connectivity index (χ4n) is 2.27. The van der Waals surface area contributed by atoms with Gasteiger partial charge >= 0.3 is 0 Å². The fourth-order valence-corrected chi connectivity index (χ4v) is 2.91. The van der Waals surface area contributed by atoms with Crippen LogP contribution in [0, 0.1) is 17.6 Å². The summed E-state index contributed by atoms with van der Waals surface area (Å²) in [5, 5.41) is 0.911. The molecule has 1 aliphatic heterocycles. The Morgan fingerprint density at radius 3 is 2.61 bits per heavy atom. The summed E-state index contributed by atoms with van der Waals surface area (Å²) in [6.45, 7) is 1.33. The van der Waals surface area contributed by atoms with E-state index in [1.165, 1.54) is 0 Å². The maximum Gasteiger partial charge on any atom is 0.254 e. The molecule has 1 amide bonds. The minimum Gasteiger partial charge on any atom is -0.338 e. The highest BCUT2D eigenvalue weighted by Crippen LogP contribution is 2.22. The molecule has 2 rings (SSSR count). The molecule has 0 bridgehead atoms. The second-order valence-electron chi connectivity index (χ2n) is 4.54. The van der Waals surface area contributed by atoms with Crippen LogP contribution >= 0.6 is 15.9 Å². The predicted octanol–water partition coefficient (Wildman–Crippen LogP) is 3.21. The molecular formula is C13H14BrF2NO. The Morgan fingerprint density at radius 2 is 2.00 bits per heavy atom. The van der Waals surface area contributed by atoms with Gasteiger partial charge in [0, 0.05) is 30.0 Å². The van der Waals surface area contributed by atoms with Crippen molar-refractivity contribution in [1.29, 1.82) is 0 Å². The summed E-state index contributed by atoms with van der Waals surface area (Å²) in [5.41, 5.74) is 0.0898. The van der Waals surface area contributed by atoms with Gasteiger partial charge in [-0.1, -0.05) is 15.9 Å². The molecule has 1 heterocycles. The molecule has 2 nitrogen and oxygen atoms in total. The van der Waals surface area contributed by atoms with Crippen molar-refractivity contribution < 1.29 is 13.6 Å². The first-order valence-electron chi connectivity index (χ1n) is 5.91. The van der Waals surface area contributed by atoms with E-state index in [4.69, 9.17) is 0 Å². The fraction of sp³-hybridized carbons (Fsp3) is 0.462. The standard InChI is InChI=1S/C13H14BrF2NO/c14-3-1-9-2-4-17(8-9)13(18)10-5-11(15)7-12(16)6-10/h5-7,9H,1-4,8H2. The second-order valence-corrected chi connectivity index (χ2v) is 5.33. The zero-order chi connectivity index (χ0) is 13.1. The van der Waals surface area contributed by atoms with Crippen molar-refractivity contribution in [3.8, 4) is 0 Å². The zero-order valence-corrected chi connectivity index (χ0v) is 11.4. The van der Waals surface area contributed by atoms with Gasteiger partial charge in [-0.25, -0.2) is 8.78 Å². The molecule has 0 aromatic heterocycles. The third-order valence-electron chi connectivity index (χ3n) is 3.20. The van der Waals surface area contributed by atoms with E-state index in [9.17, 15) is 13.6 Å². The quantitative estimate of drug-likeness (QED) is 0.784. The summed E-state index contributed by atoms with van der Waals surface area (Å²) in [6.07, 6.45) is 1.97. The lowest BCUT2D eigenvalue weighted by Gasteiger charge is -2.16. The van der Waals surface area contributed by atoms with E-state index in [1.54, 1.807) is 4.90 Å². The minimum atomic E-state index is -0.713. The lowest BCUT2D eigenvalue weighted by atomic mass is 10.1. The van der Waals surface area contributed by atoms with E-state index < -0.39 is 11.6 Å². The van der Waals surface area contributed by atoms with Gasteiger partial charge in [0.25, 0.3) is 5.91 Å². The van der Waals surface area contributed by atoms with Crippen molar-refractivity contribution >= 4 is 21.8 Å². The Morgan fingerprint density at radius 1 is 1.33 bits per heavy atom. The number of hydrogen-bond acceptors (Lipinski definition) is 1. The van der Waals surface area contributed by atoms with Gasteiger partial charge in [-0.2, -0.15) is 0 Å². The highest BCUT2D eigenvalue weighted by molar-refractivity contribution is 9.09. The monoisotopic (exact) mass is 317 g/mol. The molecule has 1 aliphatic rings. The van der Waals surface area contributed by atoms with Crippen LogP contribution in [0.2, 0.25) is 0 Å². The lowest BCUT2D eigenvalue weighted by Crippen LogP contribution is -2.28. The van der Waals surface area contributed by atoms with Crippen molar-refractivity contribution in [3.05, 3.63) is 35.4 Å². The molecule has 1 atom stereocenters. The van der Waals surface area contributed by atoms with E-state index in [0.29, 0.717) is 19.0 Å². The number of amides is 1. The van der Waals surface area contributed by atoms with Gasteiger partial charge in [0.1, 0.15) is 11.6 Å². The van der Waals surface area contributed by atoms with E-state index in [-0.39, 0.29) is 11.5 Å². The highest BCUT2D eigenvalue weighted by atomic mass is 79.9. The molecular weight excluding hydrogens is 304 g/mol. The molecule has 0 spiro atoms. The summed E-state index contributed by atoms with van der Waals surface area (Å²) in [6, 6.07) is 2.95. The van der Waals surface area contributed by atoms with Crippen LogP contribution in [0.4, 0.5) is 8.78 Å². The molecule has 0 radical (unpaired) electrons. The summed E-state index contributed by atoms with van der Waals surface area (Å²) >= 11 is 3.38. The smallest absolute Gasteiger partial charge is 0.254 e. The summed E-state index contributed by atoms with van der Waals surface area (Å²) < 4.78 is 26.1. The SMILES string of the molecule is O=C(c1cc(F)cc(F)c1)N1CCC(CCBr)C1. The number of alkyl halides is 1. The Labute approximate surface area is 113 Å². The average Bonchev–Trinajstić information content (AvgIpc) is 2.76. The molecule has 1 saturated heterocycles. The molecule has 1 aromatic carbocycles. The van der Waals surface area contributed by atoms with Crippen LogP contribution < -0.4 is 0 Å². The number of benzene rings is 1. The number of carbonyl (C=O) groups excluding carboxylic acids is 1. The molecule has 0 aliphatic carbocycles. The van der Waals surface area contributed by atoms with Gasteiger partial charge in [0.2, 0.25) is 0 Å². The van der Waals surface area contributed by atoms with Crippen molar-refractivity contribution in [2.24, 2.45) is 5.92 Å². The topological polar surface area (TPSA) is 20.3 Å². The number of hydrogen-bond donors (Lipinski definition) is 0. The maximum atomic E-state index is 13.1. The lowest BCUT2D eigenvalue weighted by molar-refractivity contribution is 0.0786. The molecule has 5 heteroatoms. The third kappa shape index (κ3) is 3.07. The number of rotatable bonds is 3. The van der Waals surface area contributed by atoms with Crippen molar-refractivity contribution in [2.75, 3.05) is 18.4 Å². The number of nitrogens with zero attached hydrogens (tertiary/aromatic N) is 1. The molecule has 1 unspecified atom stereocenters. The first kappa shape index (κ1) is 13.5. The average molecular weight is 318 g/mol. The Kier molecular flexibility index (Phi) is 4.32. The van der Waals surface area contributed by atoms with Gasteiger partial charge in [-0.05, 0) is 30.9 Å². The molecule has 98 valence electrons. The molecule has 0 N–H and O–H groups in total.